The average Bonchev–Trinajstić information content (AvgIpc) is 2.14. The predicted molar refractivity (Wildman–Crippen MR) is 61.9 cm³/mol. The van der Waals surface area contributed by atoms with E-state index < -0.39 is 8.07 Å². The highest BCUT2D eigenvalue weighted by Crippen LogP contribution is 2.00. The first-order valence-electron chi connectivity index (χ1n) is 4.61. The number of carbonyl (C=O) groups excluding carboxylic acids is 1. The maximum atomic E-state index is 11.5. The third kappa shape index (κ3) is 3.59. The molecule has 0 atom stereocenters. The molecule has 1 aromatic rings. The van der Waals surface area contributed by atoms with Gasteiger partial charge in [0.25, 0.3) is 0 Å². The Bertz CT molecular complexity index is 376. The van der Waals surface area contributed by atoms with Gasteiger partial charge in [-0.05, 0) is 5.92 Å². The molecule has 1 aromatic carbocycles. The van der Waals surface area contributed by atoms with E-state index in [1.54, 1.807) is 12.1 Å². The number of rotatable bonds is 1. The summed E-state index contributed by atoms with van der Waals surface area (Å²) in [6.45, 7) is 6.37. The summed E-state index contributed by atoms with van der Waals surface area (Å²) in [4.78, 5) is 11.5. The van der Waals surface area contributed by atoms with Gasteiger partial charge in [0.15, 0.2) is 0 Å². The monoisotopic (exact) mass is 202 g/mol. The molecule has 0 aliphatic heterocycles. The summed E-state index contributed by atoms with van der Waals surface area (Å²) in [7, 11) is -1.43. The molecule has 0 heterocycles. The zero-order valence-electron chi connectivity index (χ0n) is 8.79. The molecule has 0 saturated carbocycles. The van der Waals surface area contributed by atoms with Gasteiger partial charge in [-0.15, -0.1) is 5.54 Å². The van der Waals surface area contributed by atoms with Crippen molar-refractivity contribution in [3.63, 3.8) is 0 Å². The Morgan fingerprint density at radius 2 is 1.71 bits per heavy atom. The van der Waals surface area contributed by atoms with Gasteiger partial charge in [-0.3, -0.25) is 4.79 Å². The van der Waals surface area contributed by atoms with Gasteiger partial charge < -0.3 is 0 Å². The lowest BCUT2D eigenvalue weighted by atomic mass is 10.1. The zero-order chi connectivity index (χ0) is 10.6. The molecule has 0 bridgehead atoms. The summed E-state index contributed by atoms with van der Waals surface area (Å²) >= 11 is 0. The van der Waals surface area contributed by atoms with Crippen LogP contribution in [-0.4, -0.2) is 13.9 Å². The van der Waals surface area contributed by atoms with Crippen LogP contribution in [-0.2, 0) is 0 Å². The molecule has 1 rings (SSSR count). The third-order valence-corrected chi connectivity index (χ3v) is 2.46. The lowest BCUT2D eigenvalue weighted by molar-refractivity contribution is 0.105. The van der Waals surface area contributed by atoms with Crippen molar-refractivity contribution >= 4 is 13.9 Å². The van der Waals surface area contributed by atoms with Gasteiger partial charge in [-0.25, -0.2) is 0 Å². The van der Waals surface area contributed by atoms with E-state index in [1.165, 1.54) is 0 Å². The number of Topliss-reactive ketones (excluding diaryl/α,β-unsaturated/α-hetero) is 1. The van der Waals surface area contributed by atoms with Gasteiger partial charge in [0.05, 0.1) is 0 Å². The quantitative estimate of drug-likeness (QED) is 0.389. The number of ketones is 1. The van der Waals surface area contributed by atoms with Crippen LogP contribution in [0.5, 0.6) is 0 Å². The molecule has 0 radical (unpaired) electrons. The fraction of sp³-hybridized carbons (Fsp3) is 0.250. The molecular formula is C12H14OSi. The lowest BCUT2D eigenvalue weighted by Crippen LogP contribution is -2.17. The number of carbonyl (C=O) groups is 1. The maximum Gasteiger partial charge on any atom is 0.235 e. The Balaban J connectivity index is 2.82. The van der Waals surface area contributed by atoms with Crippen LogP contribution >= 0.6 is 0 Å². The second-order valence-electron chi connectivity index (χ2n) is 4.20. The summed E-state index contributed by atoms with van der Waals surface area (Å²) in [5.74, 6) is 2.64. The number of hydrogen-bond acceptors (Lipinski definition) is 1. The molecule has 0 unspecified atom stereocenters. The Hall–Kier alpha value is -1.33. The molecule has 0 aliphatic carbocycles. The largest absolute Gasteiger partial charge is 0.279 e. The van der Waals surface area contributed by atoms with Crippen LogP contribution in [0.1, 0.15) is 10.4 Å². The molecule has 72 valence electrons. The average molecular weight is 202 g/mol. The first-order chi connectivity index (χ1) is 6.49. The first kappa shape index (κ1) is 10.7. The number of benzene rings is 1. The molecule has 0 fully saturated rings. The van der Waals surface area contributed by atoms with Crippen LogP contribution in [0.4, 0.5) is 0 Å². The molecule has 0 N–H and O–H groups in total. The molecule has 14 heavy (non-hydrogen) atoms. The summed E-state index contributed by atoms with van der Waals surface area (Å²) < 4.78 is 0. The minimum atomic E-state index is -1.43. The van der Waals surface area contributed by atoms with Gasteiger partial charge in [-0.1, -0.05) is 50.0 Å². The normalized spacial score (nSPS) is 10.2. The smallest absolute Gasteiger partial charge is 0.235 e. The van der Waals surface area contributed by atoms with E-state index in [4.69, 9.17) is 0 Å². The van der Waals surface area contributed by atoms with Crippen LogP contribution in [0, 0.1) is 11.5 Å². The summed E-state index contributed by atoms with van der Waals surface area (Å²) in [5, 5.41) is 0. The van der Waals surface area contributed by atoms with Crippen LogP contribution < -0.4 is 0 Å². The third-order valence-electron chi connectivity index (χ3n) is 1.59. The van der Waals surface area contributed by atoms with Crippen molar-refractivity contribution in [1.82, 2.24) is 0 Å². The fourth-order valence-electron chi connectivity index (χ4n) is 0.906. The second kappa shape index (κ2) is 4.25. The summed E-state index contributed by atoms with van der Waals surface area (Å²) in [5.41, 5.74) is 3.74. The lowest BCUT2D eigenvalue weighted by Gasteiger charge is -2.02. The van der Waals surface area contributed by atoms with E-state index in [-0.39, 0.29) is 5.78 Å². The zero-order valence-corrected chi connectivity index (χ0v) is 9.79. The van der Waals surface area contributed by atoms with Crippen LogP contribution in [0.25, 0.3) is 0 Å². The molecule has 0 aliphatic rings. The Kier molecular flexibility index (Phi) is 3.26. The molecule has 0 amide bonds. The highest BCUT2D eigenvalue weighted by atomic mass is 28.3. The van der Waals surface area contributed by atoms with Crippen molar-refractivity contribution in [2.24, 2.45) is 0 Å². The van der Waals surface area contributed by atoms with E-state index in [0.29, 0.717) is 5.56 Å². The van der Waals surface area contributed by atoms with Crippen molar-refractivity contribution in [2.75, 3.05) is 0 Å². The predicted octanol–water partition coefficient (Wildman–Crippen LogP) is 2.75. The Labute approximate surface area is 86.2 Å². The van der Waals surface area contributed by atoms with E-state index in [1.807, 2.05) is 18.2 Å². The number of hydrogen-bond donors (Lipinski definition) is 0. The molecule has 1 nitrogen and oxygen atoms in total. The van der Waals surface area contributed by atoms with Gasteiger partial charge in [0.2, 0.25) is 5.78 Å². The Morgan fingerprint density at radius 3 is 2.21 bits per heavy atom. The van der Waals surface area contributed by atoms with Crippen molar-refractivity contribution < 1.29 is 4.79 Å². The van der Waals surface area contributed by atoms with E-state index in [2.05, 4.69) is 31.1 Å². The van der Waals surface area contributed by atoms with Crippen molar-refractivity contribution in [1.29, 1.82) is 0 Å². The van der Waals surface area contributed by atoms with Crippen LogP contribution in [0.3, 0.4) is 0 Å². The molecule has 2 heteroatoms. The first-order valence-corrected chi connectivity index (χ1v) is 8.11. The second-order valence-corrected chi connectivity index (χ2v) is 8.95. The highest BCUT2D eigenvalue weighted by molar-refractivity contribution is 6.84. The van der Waals surface area contributed by atoms with Crippen molar-refractivity contribution in [2.45, 2.75) is 19.6 Å². The molecule has 0 saturated heterocycles. The minimum absolute atomic E-state index is 0.0759. The standard InChI is InChI=1S/C12H14OSi/c1-14(2,3)10-9-12(13)11-7-5-4-6-8-11/h4-8H,1-3H3. The SMILES string of the molecule is C[Si](C)(C)C#CC(=O)c1ccccc1. The topological polar surface area (TPSA) is 17.1 Å². The maximum absolute atomic E-state index is 11.5. The van der Waals surface area contributed by atoms with Crippen LogP contribution in [0.2, 0.25) is 19.6 Å². The molecular weight excluding hydrogens is 188 g/mol. The van der Waals surface area contributed by atoms with Crippen LogP contribution in [0.15, 0.2) is 30.3 Å². The minimum Gasteiger partial charge on any atom is -0.279 e. The highest BCUT2D eigenvalue weighted by Gasteiger charge is 2.08. The van der Waals surface area contributed by atoms with Crippen molar-refractivity contribution in [3.8, 4) is 11.5 Å². The van der Waals surface area contributed by atoms with Gasteiger partial charge >= 0.3 is 0 Å². The fourth-order valence-corrected chi connectivity index (χ4v) is 1.39. The van der Waals surface area contributed by atoms with Crippen molar-refractivity contribution in [3.05, 3.63) is 35.9 Å². The van der Waals surface area contributed by atoms with Gasteiger partial charge in [0, 0.05) is 5.56 Å². The summed E-state index contributed by atoms with van der Waals surface area (Å²) in [6.07, 6.45) is 0. The van der Waals surface area contributed by atoms with E-state index in [0.717, 1.165) is 0 Å². The van der Waals surface area contributed by atoms with E-state index in [9.17, 15) is 4.79 Å². The van der Waals surface area contributed by atoms with Gasteiger partial charge in [0.1, 0.15) is 8.07 Å². The van der Waals surface area contributed by atoms with E-state index >= 15 is 0 Å². The van der Waals surface area contributed by atoms with Gasteiger partial charge in [-0.2, -0.15) is 0 Å². The molecule has 0 aromatic heterocycles. The summed E-state index contributed by atoms with van der Waals surface area (Å²) in [6, 6.07) is 9.18. The molecule has 0 spiro atoms. The Morgan fingerprint density at radius 1 is 1.14 bits per heavy atom.